The molecule has 1 aromatic carbocycles. The van der Waals surface area contributed by atoms with Crippen LogP contribution in [0.25, 0.3) is 0 Å². The summed E-state index contributed by atoms with van der Waals surface area (Å²) in [6.07, 6.45) is 2.30. The lowest BCUT2D eigenvalue weighted by molar-refractivity contribution is 0.595. The minimum atomic E-state index is 0.703. The van der Waals surface area contributed by atoms with E-state index >= 15 is 0 Å². The standard InChI is InChI=1S/C18H25N/c1-5-17-12-15(4)19(18(17)11-14(2)3)13-16-9-7-6-8-10-16/h6-10,12,14H,5,11,13H2,1-4H3. The summed E-state index contributed by atoms with van der Waals surface area (Å²) in [5, 5.41) is 0. The van der Waals surface area contributed by atoms with E-state index in [0.29, 0.717) is 5.92 Å². The van der Waals surface area contributed by atoms with E-state index in [-0.39, 0.29) is 0 Å². The van der Waals surface area contributed by atoms with Crippen molar-refractivity contribution in [3.63, 3.8) is 0 Å². The van der Waals surface area contributed by atoms with Crippen LogP contribution in [0.4, 0.5) is 0 Å². The Balaban J connectivity index is 2.35. The van der Waals surface area contributed by atoms with Crippen molar-refractivity contribution in [3.8, 4) is 0 Å². The number of nitrogens with zero attached hydrogens (tertiary/aromatic N) is 1. The smallest absolute Gasteiger partial charge is 0.0475 e. The van der Waals surface area contributed by atoms with Gasteiger partial charge < -0.3 is 4.57 Å². The summed E-state index contributed by atoms with van der Waals surface area (Å²) in [6, 6.07) is 13.1. The molecule has 0 N–H and O–H groups in total. The molecular formula is C18H25N. The van der Waals surface area contributed by atoms with Crippen LogP contribution in [0, 0.1) is 12.8 Å². The highest BCUT2D eigenvalue weighted by Gasteiger charge is 2.13. The van der Waals surface area contributed by atoms with Gasteiger partial charge in [-0.1, -0.05) is 51.1 Å². The Kier molecular flexibility index (Phi) is 4.47. The van der Waals surface area contributed by atoms with Gasteiger partial charge in [-0.2, -0.15) is 0 Å². The number of aromatic nitrogens is 1. The molecule has 0 radical (unpaired) electrons. The van der Waals surface area contributed by atoms with Gasteiger partial charge in [0, 0.05) is 17.9 Å². The van der Waals surface area contributed by atoms with Gasteiger partial charge in [-0.25, -0.2) is 0 Å². The minimum absolute atomic E-state index is 0.703. The molecular weight excluding hydrogens is 230 g/mol. The molecule has 102 valence electrons. The highest BCUT2D eigenvalue weighted by molar-refractivity contribution is 5.30. The summed E-state index contributed by atoms with van der Waals surface area (Å²) < 4.78 is 2.49. The molecule has 1 heterocycles. The highest BCUT2D eigenvalue weighted by atomic mass is 15.0. The van der Waals surface area contributed by atoms with Crippen LogP contribution in [0.5, 0.6) is 0 Å². The van der Waals surface area contributed by atoms with Gasteiger partial charge in [-0.15, -0.1) is 0 Å². The van der Waals surface area contributed by atoms with Crippen molar-refractivity contribution in [3.05, 3.63) is 58.9 Å². The Morgan fingerprint density at radius 1 is 1.11 bits per heavy atom. The maximum Gasteiger partial charge on any atom is 0.0475 e. The molecule has 1 nitrogen and oxygen atoms in total. The average molecular weight is 255 g/mol. The Labute approximate surface area is 117 Å². The highest BCUT2D eigenvalue weighted by Crippen LogP contribution is 2.21. The quantitative estimate of drug-likeness (QED) is 0.735. The Morgan fingerprint density at radius 3 is 2.37 bits per heavy atom. The minimum Gasteiger partial charge on any atom is -0.344 e. The summed E-state index contributed by atoms with van der Waals surface area (Å²) in [5.41, 5.74) is 5.81. The molecule has 1 heteroatoms. The zero-order valence-electron chi connectivity index (χ0n) is 12.6. The molecule has 0 bridgehead atoms. The van der Waals surface area contributed by atoms with Crippen molar-refractivity contribution in [2.24, 2.45) is 5.92 Å². The second-order valence-electron chi connectivity index (χ2n) is 5.78. The summed E-state index contributed by atoms with van der Waals surface area (Å²) in [4.78, 5) is 0. The molecule has 0 aliphatic heterocycles. The fourth-order valence-corrected chi connectivity index (χ4v) is 2.72. The Hall–Kier alpha value is -1.50. The number of rotatable bonds is 5. The first-order valence-electron chi connectivity index (χ1n) is 7.33. The predicted molar refractivity (Wildman–Crippen MR) is 82.6 cm³/mol. The molecule has 1 aromatic heterocycles. The van der Waals surface area contributed by atoms with Crippen LogP contribution in [0.3, 0.4) is 0 Å². The fraction of sp³-hybridized carbons (Fsp3) is 0.444. The van der Waals surface area contributed by atoms with Gasteiger partial charge in [0.2, 0.25) is 0 Å². The molecule has 19 heavy (non-hydrogen) atoms. The van der Waals surface area contributed by atoms with Gasteiger partial charge in [-0.05, 0) is 42.9 Å². The zero-order valence-corrected chi connectivity index (χ0v) is 12.6. The van der Waals surface area contributed by atoms with Gasteiger partial charge in [0.1, 0.15) is 0 Å². The van der Waals surface area contributed by atoms with Crippen molar-refractivity contribution in [2.75, 3.05) is 0 Å². The molecule has 2 aromatic rings. The zero-order chi connectivity index (χ0) is 13.8. The summed E-state index contributed by atoms with van der Waals surface area (Å²) >= 11 is 0. The molecule has 0 saturated carbocycles. The van der Waals surface area contributed by atoms with Crippen molar-refractivity contribution < 1.29 is 0 Å². The number of aryl methyl sites for hydroxylation is 2. The van der Waals surface area contributed by atoms with E-state index in [2.05, 4.69) is 68.7 Å². The number of hydrogen-bond acceptors (Lipinski definition) is 0. The second kappa shape index (κ2) is 6.10. The first kappa shape index (κ1) is 13.9. The van der Waals surface area contributed by atoms with E-state index in [0.717, 1.165) is 13.0 Å². The molecule has 0 saturated heterocycles. The SMILES string of the molecule is CCc1cc(C)n(Cc2ccccc2)c1CC(C)C. The number of benzene rings is 1. The molecule has 0 amide bonds. The van der Waals surface area contributed by atoms with Gasteiger partial charge in [-0.3, -0.25) is 0 Å². The largest absolute Gasteiger partial charge is 0.344 e. The maximum absolute atomic E-state index is 2.49. The van der Waals surface area contributed by atoms with Gasteiger partial charge in [0.25, 0.3) is 0 Å². The third-order valence-electron chi connectivity index (χ3n) is 3.67. The molecule has 0 aliphatic rings. The summed E-state index contributed by atoms with van der Waals surface area (Å²) in [7, 11) is 0. The third-order valence-corrected chi connectivity index (χ3v) is 3.67. The molecule has 2 rings (SSSR count). The van der Waals surface area contributed by atoms with Crippen LogP contribution in [-0.2, 0) is 19.4 Å². The van der Waals surface area contributed by atoms with E-state index in [9.17, 15) is 0 Å². The lowest BCUT2D eigenvalue weighted by Gasteiger charge is -2.15. The van der Waals surface area contributed by atoms with E-state index in [1.807, 2.05) is 0 Å². The fourth-order valence-electron chi connectivity index (χ4n) is 2.72. The van der Waals surface area contributed by atoms with Crippen molar-refractivity contribution >= 4 is 0 Å². The summed E-state index contributed by atoms with van der Waals surface area (Å²) in [6.45, 7) is 10.1. The van der Waals surface area contributed by atoms with Gasteiger partial charge in [0.05, 0.1) is 0 Å². The summed E-state index contributed by atoms with van der Waals surface area (Å²) in [5.74, 6) is 0.703. The van der Waals surface area contributed by atoms with Crippen LogP contribution >= 0.6 is 0 Å². The lowest BCUT2D eigenvalue weighted by Crippen LogP contribution is -2.09. The topological polar surface area (TPSA) is 4.93 Å². The predicted octanol–water partition coefficient (Wildman–Crippen LogP) is 4.61. The molecule has 0 aliphatic carbocycles. The average Bonchev–Trinajstić information content (AvgIpc) is 2.67. The molecule has 0 spiro atoms. The van der Waals surface area contributed by atoms with E-state index in [1.54, 1.807) is 0 Å². The van der Waals surface area contributed by atoms with Gasteiger partial charge in [0.15, 0.2) is 0 Å². The number of hydrogen-bond donors (Lipinski definition) is 0. The normalized spacial score (nSPS) is 11.2. The second-order valence-corrected chi connectivity index (χ2v) is 5.78. The Bertz CT molecular complexity index is 520. The van der Waals surface area contributed by atoms with E-state index in [4.69, 9.17) is 0 Å². The maximum atomic E-state index is 2.49. The first-order valence-corrected chi connectivity index (χ1v) is 7.33. The lowest BCUT2D eigenvalue weighted by atomic mass is 10.0. The molecule has 0 unspecified atom stereocenters. The van der Waals surface area contributed by atoms with E-state index in [1.165, 1.54) is 28.9 Å². The van der Waals surface area contributed by atoms with Crippen molar-refractivity contribution in [2.45, 2.75) is 47.1 Å². The van der Waals surface area contributed by atoms with Crippen molar-refractivity contribution in [1.29, 1.82) is 0 Å². The third kappa shape index (κ3) is 3.28. The van der Waals surface area contributed by atoms with Crippen LogP contribution in [0.2, 0.25) is 0 Å². The van der Waals surface area contributed by atoms with E-state index < -0.39 is 0 Å². The van der Waals surface area contributed by atoms with Crippen LogP contribution in [0.1, 0.15) is 43.3 Å². The first-order chi connectivity index (χ1) is 9.11. The van der Waals surface area contributed by atoms with Crippen LogP contribution < -0.4 is 0 Å². The van der Waals surface area contributed by atoms with Crippen LogP contribution in [0.15, 0.2) is 36.4 Å². The molecule has 0 fully saturated rings. The molecule has 0 atom stereocenters. The van der Waals surface area contributed by atoms with Gasteiger partial charge >= 0.3 is 0 Å². The van der Waals surface area contributed by atoms with Crippen molar-refractivity contribution in [1.82, 2.24) is 4.57 Å². The van der Waals surface area contributed by atoms with Crippen LogP contribution in [-0.4, -0.2) is 4.57 Å². The monoisotopic (exact) mass is 255 g/mol. The Morgan fingerprint density at radius 2 is 1.79 bits per heavy atom.